The lowest BCUT2D eigenvalue weighted by atomic mass is 10.1. The molecule has 0 aromatic carbocycles. The van der Waals surface area contributed by atoms with Gasteiger partial charge >= 0.3 is 39.5 Å². The van der Waals surface area contributed by atoms with Crippen LogP contribution in [0.25, 0.3) is 0 Å². The standard InChI is InChI=1S/C79H140O17P2/c1-5-9-13-17-21-25-29-33-35-36-38-42-44-48-52-56-60-64-77(82)90-70-75(96-79(84)66-62-58-54-50-46-40-32-28-24-20-16-12-8-4)72-94-98(87,88)92-68-73(80)67-91-97(85,86)93-71-74(95-78(83)65-61-57-53-49-45-39-31-27-23-19-15-11-7-3)69-89-76(81)63-59-55-51-47-43-41-37-34-30-26-22-18-14-10-6-2/h9,13,15,19,21,25,27-28,31-35,37,73-75,80H,5-8,10-12,14,16-18,20,22-24,26,29-30,36,38-72H2,1-4H3,(H,85,86)(H,87,88)/b13-9-,19-15-,25-21-,31-27-,32-28-,35-33-,37-34-. The Morgan fingerprint density at radius 1 is 0.296 bits per heavy atom. The summed E-state index contributed by atoms with van der Waals surface area (Å²) >= 11 is 0. The molecule has 0 aromatic rings. The molecule has 5 unspecified atom stereocenters. The third-order valence-corrected chi connectivity index (χ3v) is 18.2. The van der Waals surface area contributed by atoms with Crippen LogP contribution in [0.3, 0.4) is 0 Å². The number of ether oxygens (including phenoxy) is 4. The van der Waals surface area contributed by atoms with Crippen LogP contribution in [0.4, 0.5) is 0 Å². The molecule has 0 radical (unpaired) electrons. The molecule has 3 N–H and O–H groups in total. The number of carbonyl (C=O) groups excluding carboxylic acids is 4. The average molecular weight is 1420 g/mol. The van der Waals surface area contributed by atoms with Crippen molar-refractivity contribution >= 4 is 39.5 Å². The largest absolute Gasteiger partial charge is 0.472 e. The molecule has 568 valence electrons. The molecule has 0 heterocycles. The first-order chi connectivity index (χ1) is 47.7. The Morgan fingerprint density at radius 2 is 0.551 bits per heavy atom. The Kier molecular flexibility index (Phi) is 68.9. The molecule has 0 bridgehead atoms. The van der Waals surface area contributed by atoms with Crippen LogP contribution in [0, 0.1) is 0 Å². The second-order valence-corrected chi connectivity index (χ2v) is 28.8. The number of hydrogen-bond acceptors (Lipinski definition) is 15. The molecule has 5 atom stereocenters. The van der Waals surface area contributed by atoms with Gasteiger partial charge in [-0.25, -0.2) is 9.13 Å². The molecule has 0 aromatic heterocycles. The smallest absolute Gasteiger partial charge is 0.462 e. The Balaban J connectivity index is 5.34. The first-order valence-corrected chi connectivity index (χ1v) is 41.8. The number of hydrogen-bond donors (Lipinski definition) is 3. The van der Waals surface area contributed by atoms with Crippen LogP contribution in [-0.4, -0.2) is 96.7 Å². The van der Waals surface area contributed by atoms with E-state index in [2.05, 4.69) is 113 Å². The van der Waals surface area contributed by atoms with Crippen molar-refractivity contribution in [2.24, 2.45) is 0 Å². The summed E-state index contributed by atoms with van der Waals surface area (Å²) in [6, 6.07) is 0. The molecule has 0 aliphatic heterocycles. The van der Waals surface area contributed by atoms with Gasteiger partial charge in [0.2, 0.25) is 0 Å². The molecule has 0 rings (SSSR count). The van der Waals surface area contributed by atoms with Gasteiger partial charge in [-0.2, -0.15) is 0 Å². The number of allylic oxidation sites excluding steroid dienone is 14. The molecule has 19 heteroatoms. The Hall–Kier alpha value is -3.76. The molecule has 0 saturated heterocycles. The van der Waals surface area contributed by atoms with Gasteiger partial charge in [0, 0.05) is 25.7 Å². The van der Waals surface area contributed by atoms with Gasteiger partial charge in [0.15, 0.2) is 12.2 Å². The van der Waals surface area contributed by atoms with E-state index in [-0.39, 0.29) is 25.7 Å². The monoisotopic (exact) mass is 1420 g/mol. The zero-order chi connectivity index (χ0) is 71.8. The maximum atomic E-state index is 13.1. The third kappa shape index (κ3) is 70.7. The molecule has 0 fully saturated rings. The number of phosphoric ester groups is 2. The predicted octanol–water partition coefficient (Wildman–Crippen LogP) is 22.2. The highest BCUT2D eigenvalue weighted by Gasteiger charge is 2.30. The highest BCUT2D eigenvalue weighted by molar-refractivity contribution is 7.47. The van der Waals surface area contributed by atoms with Gasteiger partial charge in [0.1, 0.15) is 19.3 Å². The summed E-state index contributed by atoms with van der Waals surface area (Å²) in [4.78, 5) is 72.9. The minimum Gasteiger partial charge on any atom is -0.462 e. The lowest BCUT2D eigenvalue weighted by Gasteiger charge is -2.21. The summed E-state index contributed by atoms with van der Waals surface area (Å²) < 4.78 is 68.5. The molecule has 17 nitrogen and oxygen atoms in total. The number of esters is 4. The lowest BCUT2D eigenvalue weighted by Crippen LogP contribution is -2.30. The van der Waals surface area contributed by atoms with E-state index >= 15 is 0 Å². The van der Waals surface area contributed by atoms with E-state index in [0.29, 0.717) is 25.7 Å². The lowest BCUT2D eigenvalue weighted by molar-refractivity contribution is -0.161. The second-order valence-electron chi connectivity index (χ2n) is 25.9. The number of carbonyl (C=O) groups is 4. The van der Waals surface area contributed by atoms with Crippen molar-refractivity contribution in [2.75, 3.05) is 39.6 Å². The van der Waals surface area contributed by atoms with E-state index in [1.165, 1.54) is 64.2 Å². The van der Waals surface area contributed by atoms with E-state index in [4.69, 9.17) is 37.0 Å². The summed E-state index contributed by atoms with van der Waals surface area (Å²) in [5.41, 5.74) is 0. The van der Waals surface area contributed by atoms with E-state index in [1.54, 1.807) is 0 Å². The van der Waals surface area contributed by atoms with Gasteiger partial charge in [-0.05, 0) is 135 Å². The van der Waals surface area contributed by atoms with Gasteiger partial charge in [0.25, 0.3) is 0 Å². The topological polar surface area (TPSA) is 237 Å². The molecule has 0 spiro atoms. The van der Waals surface area contributed by atoms with Gasteiger partial charge in [0.05, 0.1) is 26.4 Å². The Bertz CT molecular complexity index is 2190. The fraction of sp³-hybridized carbons (Fsp3) is 0.772. The van der Waals surface area contributed by atoms with E-state index < -0.39 is 97.5 Å². The van der Waals surface area contributed by atoms with Crippen LogP contribution < -0.4 is 0 Å². The van der Waals surface area contributed by atoms with Crippen molar-refractivity contribution < 1.29 is 80.2 Å². The SMILES string of the molecule is CC/C=C\C/C=C\C/C=C\CCCCCCCCCC(=O)OCC(COP(=O)(O)OCC(O)COP(=O)(O)OCC(COC(=O)CCCCCCC/C=C\CCCCCCCC)OC(=O)CCCCCCC/C=C\C/C=C\CCC)OC(=O)CCCCCCC/C=C\CCCCCC. The number of aliphatic hydroxyl groups excluding tert-OH is 1. The van der Waals surface area contributed by atoms with Crippen molar-refractivity contribution in [1.82, 2.24) is 0 Å². The van der Waals surface area contributed by atoms with Crippen molar-refractivity contribution in [3.63, 3.8) is 0 Å². The number of unbranched alkanes of at least 4 members (excludes halogenated alkanes) is 33. The molecule has 0 amide bonds. The molecule has 0 saturated carbocycles. The van der Waals surface area contributed by atoms with E-state index in [0.717, 1.165) is 193 Å². The Morgan fingerprint density at radius 3 is 0.878 bits per heavy atom. The van der Waals surface area contributed by atoms with Gasteiger partial charge in [-0.3, -0.25) is 37.3 Å². The first-order valence-electron chi connectivity index (χ1n) is 38.8. The third-order valence-electron chi connectivity index (χ3n) is 16.3. The van der Waals surface area contributed by atoms with Crippen LogP contribution in [0.15, 0.2) is 85.1 Å². The minimum atomic E-state index is -4.98. The quantitative estimate of drug-likeness (QED) is 0.0169. The first kappa shape index (κ1) is 94.2. The van der Waals surface area contributed by atoms with Crippen LogP contribution in [0.1, 0.15) is 336 Å². The van der Waals surface area contributed by atoms with Crippen molar-refractivity contribution in [2.45, 2.75) is 354 Å². The zero-order valence-electron chi connectivity index (χ0n) is 62.0. The summed E-state index contributed by atoms with van der Waals surface area (Å²) in [6.07, 6.45) is 72.8. The minimum absolute atomic E-state index is 0.0787. The maximum Gasteiger partial charge on any atom is 0.472 e. The van der Waals surface area contributed by atoms with Gasteiger partial charge in [-0.1, -0.05) is 260 Å². The van der Waals surface area contributed by atoms with E-state index in [1.807, 2.05) is 0 Å². The molecule has 0 aliphatic rings. The molecular formula is C79H140O17P2. The highest BCUT2D eigenvalue weighted by Crippen LogP contribution is 2.45. The van der Waals surface area contributed by atoms with Crippen molar-refractivity contribution in [3.05, 3.63) is 85.1 Å². The van der Waals surface area contributed by atoms with Crippen molar-refractivity contribution in [1.29, 1.82) is 0 Å². The number of phosphoric acid groups is 2. The average Bonchev–Trinajstić information content (AvgIpc) is 0.969. The summed E-state index contributed by atoms with van der Waals surface area (Å²) in [6.45, 7) is 4.67. The van der Waals surface area contributed by atoms with Crippen molar-refractivity contribution in [3.8, 4) is 0 Å². The number of aliphatic hydroxyl groups is 1. The Labute approximate surface area is 595 Å². The van der Waals surface area contributed by atoms with E-state index in [9.17, 15) is 43.2 Å². The van der Waals surface area contributed by atoms with Crippen LogP contribution in [0.2, 0.25) is 0 Å². The molecule has 0 aliphatic carbocycles. The van der Waals surface area contributed by atoms with Crippen LogP contribution >= 0.6 is 15.6 Å². The zero-order valence-corrected chi connectivity index (χ0v) is 63.7. The highest BCUT2D eigenvalue weighted by atomic mass is 31.2. The molecule has 98 heavy (non-hydrogen) atoms. The molecular weight excluding hydrogens is 1280 g/mol. The normalized spacial score (nSPS) is 14.4. The van der Waals surface area contributed by atoms with Gasteiger partial charge < -0.3 is 33.8 Å². The fourth-order valence-corrected chi connectivity index (χ4v) is 12.0. The summed E-state index contributed by atoms with van der Waals surface area (Å²) in [5.74, 6) is -2.20. The van der Waals surface area contributed by atoms with Crippen LogP contribution in [0.5, 0.6) is 0 Å². The fourth-order valence-electron chi connectivity index (χ4n) is 10.4. The maximum absolute atomic E-state index is 13.1. The van der Waals surface area contributed by atoms with Gasteiger partial charge in [-0.15, -0.1) is 0 Å². The summed E-state index contributed by atoms with van der Waals surface area (Å²) in [7, 11) is -9.95. The summed E-state index contributed by atoms with van der Waals surface area (Å²) in [5, 5.41) is 10.6. The second kappa shape index (κ2) is 71.6. The predicted molar refractivity (Wildman–Crippen MR) is 399 cm³/mol. The number of rotatable bonds is 73. The van der Waals surface area contributed by atoms with Crippen LogP contribution in [-0.2, 0) is 65.4 Å².